The predicted molar refractivity (Wildman–Crippen MR) is 87.6 cm³/mol. The minimum Gasteiger partial charge on any atom is -0.296 e. The Hall–Kier alpha value is -1.96. The summed E-state index contributed by atoms with van der Waals surface area (Å²) in [5.41, 5.74) is 5.14. The summed E-state index contributed by atoms with van der Waals surface area (Å²) >= 11 is 0. The standard InChI is InChI=1S/C18H23N2/c1-6-14(13-19-4)11-12-17-18(2,3)15-9-7-8-10-16(15)20(17)5/h6-13H,1-5H3/q+1/b12-11+,14-6-,19-13?. The van der Waals surface area contributed by atoms with E-state index in [4.69, 9.17) is 0 Å². The van der Waals surface area contributed by atoms with Gasteiger partial charge in [0.2, 0.25) is 5.69 Å². The van der Waals surface area contributed by atoms with E-state index in [1.54, 1.807) is 7.05 Å². The van der Waals surface area contributed by atoms with E-state index >= 15 is 0 Å². The van der Waals surface area contributed by atoms with Crippen LogP contribution < -0.4 is 0 Å². The molecule has 0 saturated carbocycles. The van der Waals surface area contributed by atoms with E-state index in [1.807, 2.05) is 13.1 Å². The maximum Gasteiger partial charge on any atom is 0.209 e. The Morgan fingerprint density at radius 1 is 1.25 bits per heavy atom. The average Bonchev–Trinajstić information content (AvgIpc) is 2.64. The zero-order valence-electron chi connectivity index (χ0n) is 13.0. The monoisotopic (exact) mass is 267 g/mol. The lowest BCUT2D eigenvalue weighted by Gasteiger charge is -2.15. The van der Waals surface area contributed by atoms with Gasteiger partial charge in [0.05, 0.1) is 5.41 Å². The van der Waals surface area contributed by atoms with Crippen molar-refractivity contribution in [1.29, 1.82) is 0 Å². The first-order valence-electron chi connectivity index (χ1n) is 6.99. The lowest BCUT2D eigenvalue weighted by molar-refractivity contribution is -0.401. The summed E-state index contributed by atoms with van der Waals surface area (Å²) in [6.07, 6.45) is 8.29. The van der Waals surface area contributed by atoms with Gasteiger partial charge in [0.1, 0.15) is 7.05 Å². The number of benzene rings is 1. The van der Waals surface area contributed by atoms with E-state index in [2.05, 4.69) is 73.0 Å². The fraction of sp³-hybridized carbons (Fsp3) is 0.333. The van der Waals surface area contributed by atoms with E-state index in [1.165, 1.54) is 17.0 Å². The van der Waals surface area contributed by atoms with Crippen LogP contribution in [0.1, 0.15) is 26.3 Å². The Morgan fingerprint density at radius 2 is 1.95 bits per heavy atom. The molecule has 20 heavy (non-hydrogen) atoms. The molecule has 1 aliphatic rings. The largest absolute Gasteiger partial charge is 0.296 e. The number of rotatable bonds is 3. The Morgan fingerprint density at radius 3 is 2.55 bits per heavy atom. The highest BCUT2D eigenvalue weighted by atomic mass is 15.0. The summed E-state index contributed by atoms with van der Waals surface area (Å²) < 4.78 is 2.28. The summed E-state index contributed by atoms with van der Waals surface area (Å²) in [5, 5.41) is 0. The highest BCUT2D eigenvalue weighted by molar-refractivity contribution is 6.04. The molecule has 2 heteroatoms. The Balaban J connectivity index is 2.44. The van der Waals surface area contributed by atoms with Crippen molar-refractivity contribution in [3.63, 3.8) is 0 Å². The van der Waals surface area contributed by atoms with Gasteiger partial charge >= 0.3 is 0 Å². The van der Waals surface area contributed by atoms with Crippen molar-refractivity contribution in [2.24, 2.45) is 4.99 Å². The van der Waals surface area contributed by atoms with Crippen LogP contribution in [0, 0.1) is 0 Å². The molecular weight excluding hydrogens is 244 g/mol. The van der Waals surface area contributed by atoms with Gasteiger partial charge < -0.3 is 0 Å². The van der Waals surface area contributed by atoms with Crippen molar-refractivity contribution in [2.75, 3.05) is 14.1 Å². The second kappa shape index (κ2) is 5.58. The van der Waals surface area contributed by atoms with Gasteiger partial charge in [0, 0.05) is 31.0 Å². The summed E-state index contributed by atoms with van der Waals surface area (Å²) in [7, 11) is 3.93. The van der Waals surface area contributed by atoms with Gasteiger partial charge in [-0.1, -0.05) is 24.3 Å². The molecule has 0 fully saturated rings. The molecule has 0 bridgehead atoms. The van der Waals surface area contributed by atoms with Crippen LogP contribution in [0.4, 0.5) is 5.69 Å². The van der Waals surface area contributed by atoms with Crippen LogP contribution in [0.5, 0.6) is 0 Å². The normalized spacial score (nSPS) is 18.4. The molecule has 1 heterocycles. The highest BCUT2D eigenvalue weighted by Crippen LogP contribution is 2.38. The summed E-state index contributed by atoms with van der Waals surface area (Å²) in [6.45, 7) is 6.58. The molecule has 0 atom stereocenters. The number of nitrogens with zero attached hydrogens (tertiary/aromatic N) is 2. The van der Waals surface area contributed by atoms with E-state index in [-0.39, 0.29) is 5.41 Å². The SMILES string of the molecule is C/C=C(C=NC)/C=C/C1=[N+](C)c2ccccc2C1(C)C. The van der Waals surface area contributed by atoms with Gasteiger partial charge in [-0.15, -0.1) is 0 Å². The van der Waals surface area contributed by atoms with Crippen molar-refractivity contribution in [2.45, 2.75) is 26.2 Å². The van der Waals surface area contributed by atoms with E-state index in [0.717, 1.165) is 5.57 Å². The molecule has 0 aromatic heterocycles. The van der Waals surface area contributed by atoms with Gasteiger partial charge in [0.15, 0.2) is 5.71 Å². The molecule has 2 nitrogen and oxygen atoms in total. The molecule has 0 radical (unpaired) electrons. The molecule has 1 aromatic rings. The fourth-order valence-corrected chi connectivity index (χ4v) is 2.84. The maximum absolute atomic E-state index is 4.08. The van der Waals surface area contributed by atoms with Crippen LogP contribution in [0.3, 0.4) is 0 Å². The smallest absolute Gasteiger partial charge is 0.209 e. The molecule has 1 aliphatic heterocycles. The molecule has 0 N–H and O–H groups in total. The molecular formula is C18H23N2+. The first-order chi connectivity index (χ1) is 9.52. The number of para-hydroxylation sites is 1. The second-order valence-corrected chi connectivity index (χ2v) is 5.60. The lowest BCUT2D eigenvalue weighted by Crippen LogP contribution is -2.26. The van der Waals surface area contributed by atoms with Gasteiger partial charge in [0.25, 0.3) is 0 Å². The number of aliphatic imine (C=N–C) groups is 1. The molecule has 0 amide bonds. The van der Waals surface area contributed by atoms with Gasteiger partial charge in [-0.05, 0) is 32.4 Å². The van der Waals surface area contributed by atoms with Crippen molar-refractivity contribution in [3.05, 3.63) is 53.6 Å². The second-order valence-electron chi connectivity index (χ2n) is 5.60. The minimum atomic E-state index is 0.0318. The van der Waals surface area contributed by atoms with Gasteiger partial charge in [-0.2, -0.15) is 4.58 Å². The first-order valence-corrected chi connectivity index (χ1v) is 6.99. The van der Waals surface area contributed by atoms with Crippen molar-refractivity contribution >= 4 is 17.6 Å². The molecule has 2 rings (SSSR count). The zero-order chi connectivity index (χ0) is 14.8. The topological polar surface area (TPSA) is 15.4 Å². The highest BCUT2D eigenvalue weighted by Gasteiger charge is 2.42. The number of hydrogen-bond acceptors (Lipinski definition) is 1. The number of hydrogen-bond donors (Lipinski definition) is 0. The van der Waals surface area contributed by atoms with E-state index < -0.39 is 0 Å². The zero-order valence-corrected chi connectivity index (χ0v) is 13.0. The van der Waals surface area contributed by atoms with Crippen LogP contribution in [-0.2, 0) is 5.41 Å². The number of fused-ring (bicyclic) bond motifs is 1. The Bertz CT molecular complexity index is 629. The molecule has 1 aromatic carbocycles. The van der Waals surface area contributed by atoms with Gasteiger partial charge in [-0.3, -0.25) is 4.99 Å². The Kier molecular flexibility index (Phi) is 4.03. The van der Waals surface area contributed by atoms with Crippen LogP contribution in [0.15, 0.2) is 53.1 Å². The van der Waals surface area contributed by atoms with E-state index in [9.17, 15) is 0 Å². The average molecular weight is 267 g/mol. The van der Waals surface area contributed by atoms with E-state index in [0.29, 0.717) is 0 Å². The van der Waals surface area contributed by atoms with Gasteiger partial charge in [-0.25, -0.2) is 0 Å². The molecule has 0 unspecified atom stereocenters. The third-order valence-corrected chi connectivity index (χ3v) is 3.99. The van der Waals surface area contributed by atoms with Crippen LogP contribution in [-0.4, -0.2) is 30.6 Å². The summed E-state index contributed by atoms with van der Waals surface area (Å²) in [4.78, 5) is 4.08. The third-order valence-electron chi connectivity index (χ3n) is 3.99. The third kappa shape index (κ3) is 2.38. The molecule has 104 valence electrons. The van der Waals surface area contributed by atoms with Crippen LogP contribution in [0.25, 0.3) is 0 Å². The summed E-state index contributed by atoms with van der Waals surface area (Å²) in [6, 6.07) is 8.61. The van der Waals surface area contributed by atoms with Crippen LogP contribution in [0.2, 0.25) is 0 Å². The van der Waals surface area contributed by atoms with Crippen LogP contribution >= 0.6 is 0 Å². The molecule has 0 spiro atoms. The maximum atomic E-state index is 4.08. The molecule has 0 saturated heterocycles. The fourth-order valence-electron chi connectivity index (χ4n) is 2.84. The van der Waals surface area contributed by atoms with Crippen molar-refractivity contribution in [3.8, 4) is 0 Å². The quantitative estimate of drug-likeness (QED) is 0.448. The minimum absolute atomic E-state index is 0.0318. The lowest BCUT2D eigenvalue weighted by atomic mass is 9.81. The molecule has 0 aliphatic carbocycles. The first kappa shape index (κ1) is 14.4. The summed E-state index contributed by atoms with van der Waals surface area (Å²) in [5.74, 6) is 0. The van der Waals surface area contributed by atoms with Crippen molar-refractivity contribution in [1.82, 2.24) is 0 Å². The van der Waals surface area contributed by atoms with Crippen molar-refractivity contribution < 1.29 is 4.58 Å². The predicted octanol–water partition coefficient (Wildman–Crippen LogP) is 3.90. The Labute approximate surface area is 121 Å². The number of allylic oxidation sites excluding steroid dienone is 4.